The molecule has 2 heterocycles. The predicted octanol–water partition coefficient (Wildman–Crippen LogP) is 2.31. The standard InChI is InChI=1S/C8H8N2S/c1-5-3-11-8-6(2)9-4-10-7(5)8/h3-4H,1-2H3. The van der Waals surface area contributed by atoms with Crippen molar-refractivity contribution >= 4 is 21.6 Å². The first-order valence-electron chi connectivity index (χ1n) is 3.44. The summed E-state index contributed by atoms with van der Waals surface area (Å²) < 4.78 is 1.21. The summed E-state index contributed by atoms with van der Waals surface area (Å²) in [6.45, 7) is 4.09. The topological polar surface area (TPSA) is 25.8 Å². The fraction of sp³-hybridized carbons (Fsp3) is 0.250. The second-order valence-electron chi connectivity index (χ2n) is 2.56. The van der Waals surface area contributed by atoms with Gasteiger partial charge in [0.15, 0.2) is 0 Å². The third-order valence-corrected chi connectivity index (χ3v) is 2.90. The molecule has 0 aromatic carbocycles. The largest absolute Gasteiger partial charge is 0.240 e. The van der Waals surface area contributed by atoms with E-state index in [4.69, 9.17) is 0 Å². The van der Waals surface area contributed by atoms with Crippen molar-refractivity contribution in [3.63, 3.8) is 0 Å². The lowest BCUT2D eigenvalue weighted by Gasteiger charge is -1.92. The Morgan fingerprint density at radius 1 is 1.27 bits per heavy atom. The minimum atomic E-state index is 1.08. The number of fused-ring (bicyclic) bond motifs is 1. The first-order chi connectivity index (χ1) is 5.29. The Kier molecular flexibility index (Phi) is 1.39. The number of aromatic nitrogens is 2. The number of hydrogen-bond acceptors (Lipinski definition) is 3. The van der Waals surface area contributed by atoms with Crippen LogP contribution in [0.5, 0.6) is 0 Å². The second kappa shape index (κ2) is 2.27. The smallest absolute Gasteiger partial charge is 0.116 e. The molecule has 0 N–H and O–H groups in total. The fourth-order valence-electron chi connectivity index (χ4n) is 1.09. The van der Waals surface area contributed by atoms with Crippen LogP contribution >= 0.6 is 11.3 Å². The molecule has 0 amide bonds. The van der Waals surface area contributed by atoms with E-state index in [1.807, 2.05) is 6.92 Å². The Morgan fingerprint density at radius 2 is 2.09 bits per heavy atom. The lowest BCUT2D eigenvalue weighted by atomic mass is 10.3. The van der Waals surface area contributed by atoms with Crippen molar-refractivity contribution in [1.82, 2.24) is 9.97 Å². The highest BCUT2D eigenvalue weighted by Gasteiger charge is 2.02. The van der Waals surface area contributed by atoms with Gasteiger partial charge < -0.3 is 0 Å². The third kappa shape index (κ3) is 0.922. The molecule has 0 saturated carbocycles. The van der Waals surface area contributed by atoms with Crippen LogP contribution < -0.4 is 0 Å². The van der Waals surface area contributed by atoms with Gasteiger partial charge in [0.2, 0.25) is 0 Å². The highest BCUT2D eigenvalue weighted by Crippen LogP contribution is 2.24. The van der Waals surface area contributed by atoms with Gasteiger partial charge in [-0.05, 0) is 24.8 Å². The number of aryl methyl sites for hydroxylation is 2. The third-order valence-electron chi connectivity index (χ3n) is 1.71. The molecule has 56 valence electrons. The van der Waals surface area contributed by atoms with E-state index in [-0.39, 0.29) is 0 Å². The normalized spacial score (nSPS) is 10.7. The molecular weight excluding hydrogens is 156 g/mol. The molecule has 0 bridgehead atoms. The van der Waals surface area contributed by atoms with Gasteiger partial charge in [-0.15, -0.1) is 11.3 Å². The summed E-state index contributed by atoms with van der Waals surface area (Å²) in [5, 5.41) is 2.12. The first kappa shape index (κ1) is 6.73. The van der Waals surface area contributed by atoms with E-state index < -0.39 is 0 Å². The molecule has 0 spiro atoms. The van der Waals surface area contributed by atoms with Crippen molar-refractivity contribution in [1.29, 1.82) is 0 Å². The summed E-state index contributed by atoms with van der Waals surface area (Å²) in [4.78, 5) is 8.32. The van der Waals surface area contributed by atoms with Gasteiger partial charge in [0.25, 0.3) is 0 Å². The summed E-state index contributed by atoms with van der Waals surface area (Å²) in [5.41, 5.74) is 3.42. The minimum absolute atomic E-state index is 1.08. The van der Waals surface area contributed by atoms with E-state index in [2.05, 4.69) is 22.3 Å². The van der Waals surface area contributed by atoms with E-state index in [1.165, 1.54) is 10.3 Å². The number of rotatable bonds is 0. The quantitative estimate of drug-likeness (QED) is 0.597. The van der Waals surface area contributed by atoms with Gasteiger partial charge in [-0.25, -0.2) is 9.97 Å². The first-order valence-corrected chi connectivity index (χ1v) is 4.32. The molecule has 0 radical (unpaired) electrons. The maximum atomic E-state index is 4.20. The van der Waals surface area contributed by atoms with Crippen LogP contribution in [0.25, 0.3) is 10.2 Å². The SMILES string of the molecule is Cc1csc2c(C)ncnc12. The Hall–Kier alpha value is -0.960. The molecule has 2 nitrogen and oxygen atoms in total. The van der Waals surface area contributed by atoms with E-state index in [0.29, 0.717) is 0 Å². The zero-order valence-electron chi connectivity index (χ0n) is 6.46. The van der Waals surface area contributed by atoms with Gasteiger partial charge in [-0.3, -0.25) is 0 Å². The van der Waals surface area contributed by atoms with Crippen molar-refractivity contribution in [3.8, 4) is 0 Å². The van der Waals surface area contributed by atoms with Crippen LogP contribution in [0.1, 0.15) is 11.3 Å². The van der Waals surface area contributed by atoms with Crippen LogP contribution in [0.2, 0.25) is 0 Å². The molecule has 0 atom stereocenters. The molecule has 0 aliphatic heterocycles. The summed E-state index contributed by atoms with van der Waals surface area (Å²) in [7, 11) is 0. The molecule has 2 aromatic rings. The number of thiophene rings is 1. The summed E-state index contributed by atoms with van der Waals surface area (Å²) in [6, 6.07) is 0. The molecule has 0 fully saturated rings. The molecular formula is C8H8N2S. The zero-order valence-corrected chi connectivity index (χ0v) is 7.27. The fourth-order valence-corrected chi connectivity index (χ4v) is 2.04. The van der Waals surface area contributed by atoms with Crippen LogP contribution in [0.4, 0.5) is 0 Å². The van der Waals surface area contributed by atoms with Gasteiger partial charge in [-0.1, -0.05) is 0 Å². The van der Waals surface area contributed by atoms with E-state index >= 15 is 0 Å². The summed E-state index contributed by atoms with van der Waals surface area (Å²) in [5.74, 6) is 0. The Labute approximate surface area is 68.9 Å². The second-order valence-corrected chi connectivity index (χ2v) is 3.44. The van der Waals surface area contributed by atoms with Gasteiger partial charge in [0.1, 0.15) is 6.33 Å². The lowest BCUT2D eigenvalue weighted by Crippen LogP contribution is -1.82. The van der Waals surface area contributed by atoms with E-state index in [1.54, 1.807) is 17.7 Å². The lowest BCUT2D eigenvalue weighted by molar-refractivity contribution is 1.15. The van der Waals surface area contributed by atoms with Crippen molar-refractivity contribution < 1.29 is 0 Å². The molecule has 11 heavy (non-hydrogen) atoms. The highest BCUT2D eigenvalue weighted by atomic mass is 32.1. The van der Waals surface area contributed by atoms with Gasteiger partial charge in [0.05, 0.1) is 15.9 Å². The summed E-state index contributed by atoms with van der Waals surface area (Å²) >= 11 is 1.72. The van der Waals surface area contributed by atoms with Crippen molar-refractivity contribution in [2.75, 3.05) is 0 Å². The molecule has 3 heteroatoms. The van der Waals surface area contributed by atoms with Crippen molar-refractivity contribution in [3.05, 3.63) is 23.0 Å². The van der Waals surface area contributed by atoms with Gasteiger partial charge >= 0.3 is 0 Å². The van der Waals surface area contributed by atoms with Crippen LogP contribution in [-0.4, -0.2) is 9.97 Å². The van der Waals surface area contributed by atoms with Gasteiger partial charge in [-0.2, -0.15) is 0 Å². The summed E-state index contributed by atoms with van der Waals surface area (Å²) in [6.07, 6.45) is 1.62. The van der Waals surface area contributed by atoms with E-state index in [9.17, 15) is 0 Å². The van der Waals surface area contributed by atoms with Crippen LogP contribution in [0.3, 0.4) is 0 Å². The monoisotopic (exact) mass is 164 g/mol. The average molecular weight is 164 g/mol. The van der Waals surface area contributed by atoms with Crippen LogP contribution in [-0.2, 0) is 0 Å². The van der Waals surface area contributed by atoms with E-state index in [0.717, 1.165) is 11.2 Å². The molecule has 2 rings (SSSR count). The minimum Gasteiger partial charge on any atom is -0.240 e. The van der Waals surface area contributed by atoms with Crippen molar-refractivity contribution in [2.24, 2.45) is 0 Å². The number of hydrogen-bond donors (Lipinski definition) is 0. The van der Waals surface area contributed by atoms with Crippen molar-refractivity contribution in [2.45, 2.75) is 13.8 Å². The molecule has 0 aliphatic rings. The zero-order chi connectivity index (χ0) is 7.84. The maximum absolute atomic E-state index is 4.20. The van der Waals surface area contributed by atoms with Crippen LogP contribution in [0.15, 0.2) is 11.7 Å². The Morgan fingerprint density at radius 3 is 2.82 bits per heavy atom. The molecule has 0 saturated heterocycles. The molecule has 0 unspecified atom stereocenters. The Balaban J connectivity index is 2.94. The maximum Gasteiger partial charge on any atom is 0.116 e. The number of nitrogens with zero attached hydrogens (tertiary/aromatic N) is 2. The molecule has 2 aromatic heterocycles. The average Bonchev–Trinajstić information content (AvgIpc) is 2.35. The highest BCUT2D eigenvalue weighted by molar-refractivity contribution is 7.17. The Bertz CT molecular complexity index is 392. The van der Waals surface area contributed by atoms with Gasteiger partial charge in [0, 0.05) is 0 Å². The predicted molar refractivity (Wildman–Crippen MR) is 46.9 cm³/mol. The molecule has 0 aliphatic carbocycles. The van der Waals surface area contributed by atoms with Crippen LogP contribution in [0, 0.1) is 13.8 Å².